The highest BCUT2D eigenvalue weighted by Gasteiger charge is 2.11. The van der Waals surface area contributed by atoms with Crippen LogP contribution in [-0.2, 0) is 6.54 Å². The van der Waals surface area contributed by atoms with Gasteiger partial charge in [0, 0.05) is 24.2 Å². The maximum Gasteiger partial charge on any atom is 0.221 e. The van der Waals surface area contributed by atoms with Crippen molar-refractivity contribution in [2.75, 3.05) is 7.11 Å². The van der Waals surface area contributed by atoms with Crippen LogP contribution in [0.3, 0.4) is 0 Å². The molecule has 5 aromatic rings. The lowest BCUT2D eigenvalue weighted by atomic mass is 10.1. The molecule has 0 radical (unpaired) electrons. The molecule has 0 saturated carbocycles. The summed E-state index contributed by atoms with van der Waals surface area (Å²) in [5, 5.41) is 8.35. The lowest BCUT2D eigenvalue weighted by molar-refractivity contribution is 0.415. The van der Waals surface area contributed by atoms with Gasteiger partial charge >= 0.3 is 0 Å². The van der Waals surface area contributed by atoms with E-state index in [2.05, 4.69) is 20.3 Å². The summed E-state index contributed by atoms with van der Waals surface area (Å²) in [7, 11) is 1.65. The Morgan fingerprint density at radius 3 is 2.78 bits per heavy atom. The van der Waals surface area contributed by atoms with Crippen LogP contribution in [0, 0.1) is 0 Å². The van der Waals surface area contributed by atoms with Gasteiger partial charge in [0.1, 0.15) is 11.4 Å². The number of methoxy groups -OCH3 is 1. The van der Waals surface area contributed by atoms with E-state index in [4.69, 9.17) is 9.72 Å². The zero-order valence-electron chi connectivity index (χ0n) is 14.5. The summed E-state index contributed by atoms with van der Waals surface area (Å²) in [6.45, 7) is 0.547. The summed E-state index contributed by atoms with van der Waals surface area (Å²) in [5.41, 5.74) is 4.87. The lowest BCUT2D eigenvalue weighted by Gasteiger charge is -2.05. The van der Waals surface area contributed by atoms with Crippen molar-refractivity contribution < 1.29 is 4.74 Å². The molecule has 1 aromatic carbocycles. The van der Waals surface area contributed by atoms with E-state index in [1.807, 2.05) is 53.2 Å². The molecule has 0 aliphatic carbocycles. The Labute approximate surface area is 154 Å². The fraction of sp³-hybridized carbons (Fsp3) is 0.105. The van der Waals surface area contributed by atoms with Gasteiger partial charge in [-0.3, -0.25) is 0 Å². The van der Waals surface area contributed by atoms with Crippen molar-refractivity contribution in [1.29, 1.82) is 0 Å². The number of nitrogens with zero attached hydrogens (tertiary/aromatic N) is 7. The minimum absolute atomic E-state index is 0.524. The van der Waals surface area contributed by atoms with Gasteiger partial charge in [0.15, 0.2) is 5.65 Å². The summed E-state index contributed by atoms with van der Waals surface area (Å²) in [6, 6.07) is 11.7. The lowest BCUT2D eigenvalue weighted by Crippen LogP contribution is -2.04. The Morgan fingerprint density at radius 1 is 1.04 bits per heavy atom. The molecule has 4 heterocycles. The van der Waals surface area contributed by atoms with Crippen molar-refractivity contribution in [2.45, 2.75) is 6.54 Å². The third kappa shape index (κ3) is 2.77. The number of pyridine rings is 1. The van der Waals surface area contributed by atoms with E-state index in [0.29, 0.717) is 17.8 Å². The number of hydrogen-bond donors (Lipinski definition) is 0. The first-order valence-electron chi connectivity index (χ1n) is 8.42. The fourth-order valence-corrected chi connectivity index (χ4v) is 3.00. The number of aromatic nitrogens is 7. The van der Waals surface area contributed by atoms with Gasteiger partial charge in [0.05, 0.1) is 25.5 Å². The quantitative estimate of drug-likeness (QED) is 0.492. The highest BCUT2D eigenvalue weighted by Crippen LogP contribution is 2.21. The van der Waals surface area contributed by atoms with E-state index >= 15 is 0 Å². The third-order valence-electron chi connectivity index (χ3n) is 4.40. The number of hydrogen-bond acceptors (Lipinski definition) is 6. The van der Waals surface area contributed by atoms with Gasteiger partial charge in [-0.1, -0.05) is 11.3 Å². The molecule has 0 amide bonds. The zero-order valence-corrected chi connectivity index (χ0v) is 14.5. The standard InChI is InChI=1S/C19H15N7O/c1-27-15-5-3-14(4-6-15)16-10-21-18-19(22-16)26(24-23-18)12-13-2-7-17-20-8-9-25(17)11-13/h2-11H,12H2,1H3. The first-order chi connectivity index (χ1) is 13.3. The van der Waals surface area contributed by atoms with Crippen molar-refractivity contribution >= 4 is 16.9 Å². The van der Waals surface area contributed by atoms with Crippen molar-refractivity contribution in [2.24, 2.45) is 0 Å². The van der Waals surface area contributed by atoms with E-state index in [1.54, 1.807) is 24.2 Å². The first kappa shape index (κ1) is 15.4. The molecule has 0 N–H and O–H groups in total. The summed E-state index contributed by atoms with van der Waals surface area (Å²) >= 11 is 0. The second kappa shape index (κ2) is 6.17. The van der Waals surface area contributed by atoms with E-state index in [0.717, 1.165) is 28.2 Å². The maximum atomic E-state index is 5.21. The zero-order chi connectivity index (χ0) is 18.2. The van der Waals surface area contributed by atoms with E-state index in [-0.39, 0.29) is 0 Å². The second-order valence-electron chi connectivity index (χ2n) is 6.11. The average Bonchev–Trinajstić information content (AvgIpc) is 3.34. The molecule has 0 saturated heterocycles. The molecule has 4 aromatic heterocycles. The molecule has 0 spiro atoms. The van der Waals surface area contributed by atoms with Crippen LogP contribution < -0.4 is 4.74 Å². The SMILES string of the molecule is COc1ccc(-c2cnc3nnn(Cc4ccc5nccn5c4)c3n2)cc1. The summed E-state index contributed by atoms with van der Waals surface area (Å²) < 4.78 is 8.94. The fourth-order valence-electron chi connectivity index (χ4n) is 3.00. The van der Waals surface area contributed by atoms with Gasteiger partial charge in [-0.2, -0.15) is 0 Å². The molecule has 5 rings (SSSR count). The molecule has 132 valence electrons. The molecule has 27 heavy (non-hydrogen) atoms. The second-order valence-corrected chi connectivity index (χ2v) is 6.11. The van der Waals surface area contributed by atoms with E-state index in [1.165, 1.54) is 0 Å². The molecular weight excluding hydrogens is 342 g/mol. The number of rotatable bonds is 4. The van der Waals surface area contributed by atoms with Crippen LogP contribution in [0.15, 0.2) is 61.2 Å². The Bertz CT molecular complexity index is 1240. The minimum Gasteiger partial charge on any atom is -0.497 e. The van der Waals surface area contributed by atoms with Crippen LogP contribution in [0.2, 0.25) is 0 Å². The Balaban J connectivity index is 1.52. The highest BCUT2D eigenvalue weighted by molar-refractivity contribution is 5.70. The summed E-state index contributed by atoms with van der Waals surface area (Å²) in [5.74, 6) is 0.800. The Kier molecular flexibility index (Phi) is 3.53. The Morgan fingerprint density at radius 2 is 1.93 bits per heavy atom. The van der Waals surface area contributed by atoms with Crippen LogP contribution >= 0.6 is 0 Å². The predicted molar refractivity (Wildman–Crippen MR) is 99.4 cm³/mol. The van der Waals surface area contributed by atoms with E-state index in [9.17, 15) is 0 Å². The molecule has 0 aliphatic heterocycles. The van der Waals surface area contributed by atoms with Crippen LogP contribution in [0.5, 0.6) is 5.75 Å². The molecule has 8 heteroatoms. The normalized spacial score (nSPS) is 11.3. The molecule has 0 aliphatic rings. The minimum atomic E-state index is 0.524. The van der Waals surface area contributed by atoms with Crippen LogP contribution in [0.25, 0.3) is 28.2 Å². The smallest absolute Gasteiger partial charge is 0.221 e. The molecule has 0 unspecified atom stereocenters. The van der Waals surface area contributed by atoms with Gasteiger partial charge in [-0.05, 0) is 35.9 Å². The van der Waals surface area contributed by atoms with Crippen molar-refractivity contribution in [3.05, 3.63) is 66.7 Å². The van der Waals surface area contributed by atoms with Crippen molar-refractivity contribution in [1.82, 2.24) is 34.3 Å². The van der Waals surface area contributed by atoms with Gasteiger partial charge in [-0.25, -0.2) is 19.6 Å². The van der Waals surface area contributed by atoms with Gasteiger partial charge in [0.25, 0.3) is 0 Å². The molecule has 0 fully saturated rings. The third-order valence-corrected chi connectivity index (χ3v) is 4.40. The number of ether oxygens (including phenoxy) is 1. The first-order valence-corrected chi connectivity index (χ1v) is 8.42. The molecule has 0 atom stereocenters. The van der Waals surface area contributed by atoms with Crippen LogP contribution in [-0.4, -0.2) is 41.5 Å². The number of fused-ring (bicyclic) bond motifs is 2. The van der Waals surface area contributed by atoms with Crippen LogP contribution in [0.1, 0.15) is 5.56 Å². The predicted octanol–water partition coefficient (Wildman–Crippen LogP) is 2.59. The van der Waals surface area contributed by atoms with E-state index < -0.39 is 0 Å². The summed E-state index contributed by atoms with van der Waals surface area (Å²) in [6.07, 6.45) is 7.42. The van der Waals surface area contributed by atoms with Gasteiger partial charge in [-0.15, -0.1) is 5.10 Å². The average molecular weight is 357 g/mol. The van der Waals surface area contributed by atoms with Crippen molar-refractivity contribution in [3.63, 3.8) is 0 Å². The van der Waals surface area contributed by atoms with Gasteiger partial charge in [0.2, 0.25) is 5.65 Å². The number of benzene rings is 1. The Hall–Kier alpha value is -3.81. The van der Waals surface area contributed by atoms with Crippen molar-refractivity contribution in [3.8, 4) is 17.0 Å². The highest BCUT2D eigenvalue weighted by atomic mass is 16.5. The van der Waals surface area contributed by atoms with Gasteiger partial charge < -0.3 is 9.14 Å². The maximum absolute atomic E-state index is 5.21. The molecular formula is C19H15N7O. The monoisotopic (exact) mass is 357 g/mol. The van der Waals surface area contributed by atoms with Crippen LogP contribution in [0.4, 0.5) is 0 Å². The topological polar surface area (TPSA) is 83.0 Å². The number of imidazole rings is 1. The summed E-state index contributed by atoms with van der Waals surface area (Å²) in [4.78, 5) is 13.4. The molecule has 0 bridgehead atoms. The molecule has 8 nitrogen and oxygen atoms in total. The largest absolute Gasteiger partial charge is 0.497 e.